The lowest BCUT2D eigenvalue weighted by molar-refractivity contribution is 1.07. The minimum absolute atomic E-state index is 0.660. The predicted octanol–water partition coefficient (Wildman–Crippen LogP) is 11.1. The number of fused-ring (bicyclic) bond motifs is 7. The van der Waals surface area contributed by atoms with Gasteiger partial charge in [0.25, 0.3) is 0 Å². The molecule has 9 aromatic rings. The molecule has 9 rings (SSSR count). The Labute approximate surface area is 271 Å². The lowest BCUT2D eigenvalue weighted by atomic mass is 10.1. The summed E-state index contributed by atoms with van der Waals surface area (Å²) in [6.45, 7) is 0. The third kappa shape index (κ3) is 4.37. The van der Waals surface area contributed by atoms with E-state index in [1.54, 1.807) is 0 Å². The highest BCUT2D eigenvalue weighted by Gasteiger charge is 2.19. The van der Waals surface area contributed by atoms with E-state index in [1.165, 1.54) is 42.0 Å². The van der Waals surface area contributed by atoms with Gasteiger partial charge in [0, 0.05) is 53.1 Å². The van der Waals surface area contributed by atoms with Crippen LogP contribution in [0.5, 0.6) is 0 Å². The van der Waals surface area contributed by atoms with Crippen LogP contribution >= 0.6 is 27.3 Å². The number of nitrogens with zero attached hydrogens (tertiary/aromatic N) is 4. The molecule has 3 heterocycles. The molecule has 0 bridgehead atoms. The third-order valence-electron chi connectivity index (χ3n) is 8.30. The van der Waals surface area contributed by atoms with Crippen LogP contribution in [0, 0.1) is 0 Å². The average Bonchev–Trinajstić information content (AvgIpc) is 3.64. The van der Waals surface area contributed by atoms with E-state index >= 15 is 0 Å². The van der Waals surface area contributed by atoms with Crippen LogP contribution in [-0.4, -0.2) is 19.5 Å². The van der Waals surface area contributed by atoms with Gasteiger partial charge in [0.2, 0.25) is 0 Å². The van der Waals surface area contributed by atoms with Gasteiger partial charge >= 0.3 is 0 Å². The molecule has 0 aliphatic heterocycles. The van der Waals surface area contributed by atoms with Crippen LogP contribution in [0.1, 0.15) is 0 Å². The van der Waals surface area contributed by atoms with Crippen molar-refractivity contribution in [1.82, 2.24) is 19.5 Å². The molecule has 0 spiro atoms. The highest BCUT2D eigenvalue weighted by atomic mass is 79.9. The number of halogens is 1. The molecule has 0 fully saturated rings. The molecular formula is C39H23BrN4S. The van der Waals surface area contributed by atoms with Crippen molar-refractivity contribution in [1.29, 1.82) is 0 Å². The second-order valence-electron chi connectivity index (χ2n) is 11.0. The standard InChI is InChI=1S/C39H23BrN4S/c40-27-17-20-33-31(23-27)29-18-19-30-32-22-26(16-21-34(32)45-36(30)35(29)44(33)28-14-8-3-9-15-28)39-42-37(24-10-4-1-5-11-24)41-38(43-39)25-12-6-2-7-13-25/h1-23H. The molecule has 0 saturated heterocycles. The number of rotatable bonds is 4. The quantitative estimate of drug-likeness (QED) is 0.189. The molecule has 0 radical (unpaired) electrons. The minimum Gasteiger partial charge on any atom is -0.308 e. The first kappa shape index (κ1) is 26.3. The van der Waals surface area contributed by atoms with Crippen LogP contribution in [0.15, 0.2) is 144 Å². The highest BCUT2D eigenvalue weighted by molar-refractivity contribution is 9.10. The summed E-state index contributed by atoms with van der Waals surface area (Å²) < 4.78 is 5.97. The molecule has 0 atom stereocenters. The van der Waals surface area contributed by atoms with E-state index in [0.29, 0.717) is 17.5 Å². The van der Waals surface area contributed by atoms with Crippen LogP contribution < -0.4 is 0 Å². The summed E-state index contributed by atoms with van der Waals surface area (Å²) >= 11 is 5.55. The number of para-hydroxylation sites is 1. The zero-order valence-corrected chi connectivity index (χ0v) is 26.3. The van der Waals surface area contributed by atoms with Crippen molar-refractivity contribution in [2.75, 3.05) is 0 Å². The smallest absolute Gasteiger partial charge is 0.164 e. The molecule has 6 aromatic carbocycles. The fourth-order valence-corrected chi connectivity index (χ4v) is 7.81. The predicted molar refractivity (Wildman–Crippen MR) is 191 cm³/mol. The zero-order chi connectivity index (χ0) is 29.9. The van der Waals surface area contributed by atoms with Gasteiger partial charge in [0.05, 0.1) is 15.7 Å². The molecule has 0 amide bonds. The van der Waals surface area contributed by atoms with E-state index < -0.39 is 0 Å². The summed E-state index contributed by atoms with van der Waals surface area (Å²) in [5.74, 6) is 1.98. The van der Waals surface area contributed by atoms with Gasteiger partial charge in [-0.2, -0.15) is 0 Å². The van der Waals surface area contributed by atoms with Crippen molar-refractivity contribution in [3.05, 3.63) is 144 Å². The Balaban J connectivity index is 1.29. The molecule has 3 aromatic heterocycles. The molecule has 0 aliphatic carbocycles. The van der Waals surface area contributed by atoms with Gasteiger partial charge in [-0.1, -0.05) is 107 Å². The number of hydrogen-bond donors (Lipinski definition) is 0. The lowest BCUT2D eigenvalue weighted by Crippen LogP contribution is -2.00. The Morgan fingerprint density at radius 2 is 1.09 bits per heavy atom. The van der Waals surface area contributed by atoms with Gasteiger partial charge < -0.3 is 4.57 Å². The summed E-state index contributed by atoms with van der Waals surface area (Å²) in [6.07, 6.45) is 0. The summed E-state index contributed by atoms with van der Waals surface area (Å²) in [5.41, 5.74) is 6.46. The first-order chi connectivity index (χ1) is 22.2. The van der Waals surface area contributed by atoms with Crippen molar-refractivity contribution < 1.29 is 0 Å². The normalized spacial score (nSPS) is 11.7. The van der Waals surface area contributed by atoms with Gasteiger partial charge in [0.15, 0.2) is 17.5 Å². The number of aromatic nitrogens is 4. The summed E-state index contributed by atoms with van der Waals surface area (Å²) in [7, 11) is 0. The molecular weight excluding hydrogens is 636 g/mol. The van der Waals surface area contributed by atoms with Crippen molar-refractivity contribution >= 4 is 69.2 Å². The first-order valence-corrected chi connectivity index (χ1v) is 16.3. The van der Waals surface area contributed by atoms with Crippen LogP contribution in [0.3, 0.4) is 0 Å². The Bertz CT molecular complexity index is 2480. The maximum Gasteiger partial charge on any atom is 0.164 e. The second kappa shape index (κ2) is 10.5. The van der Waals surface area contributed by atoms with E-state index in [-0.39, 0.29) is 0 Å². The van der Waals surface area contributed by atoms with Crippen molar-refractivity contribution in [3.8, 4) is 39.9 Å². The Kier molecular flexibility index (Phi) is 6.11. The summed E-state index contributed by atoms with van der Waals surface area (Å²) in [4.78, 5) is 14.8. The maximum atomic E-state index is 4.98. The van der Waals surface area contributed by atoms with Crippen LogP contribution in [0.4, 0.5) is 0 Å². The Morgan fingerprint density at radius 1 is 0.489 bits per heavy atom. The lowest BCUT2D eigenvalue weighted by Gasteiger charge is -2.09. The van der Waals surface area contributed by atoms with Gasteiger partial charge in [0.1, 0.15) is 0 Å². The highest BCUT2D eigenvalue weighted by Crippen LogP contribution is 2.44. The van der Waals surface area contributed by atoms with E-state index in [2.05, 4.69) is 99.4 Å². The second-order valence-corrected chi connectivity index (χ2v) is 13.0. The Morgan fingerprint density at radius 3 is 1.76 bits per heavy atom. The first-order valence-electron chi connectivity index (χ1n) is 14.7. The Hall–Kier alpha value is -5.17. The van der Waals surface area contributed by atoms with E-state index in [9.17, 15) is 0 Å². The van der Waals surface area contributed by atoms with E-state index in [1.807, 2.05) is 72.0 Å². The summed E-state index contributed by atoms with van der Waals surface area (Å²) in [5, 5.41) is 4.90. The SMILES string of the molecule is Brc1ccc2c(c1)c1ccc3c4cc(-c5nc(-c6ccccc6)nc(-c6ccccc6)n5)ccc4sc3c1n2-c1ccccc1. The van der Waals surface area contributed by atoms with Crippen LogP contribution in [0.2, 0.25) is 0 Å². The summed E-state index contributed by atoms with van der Waals surface area (Å²) in [6, 6.07) is 48.5. The number of benzene rings is 6. The molecule has 45 heavy (non-hydrogen) atoms. The number of thiophene rings is 1. The monoisotopic (exact) mass is 658 g/mol. The van der Waals surface area contributed by atoms with Gasteiger partial charge in [-0.15, -0.1) is 11.3 Å². The number of hydrogen-bond acceptors (Lipinski definition) is 4. The van der Waals surface area contributed by atoms with Crippen molar-refractivity contribution in [2.45, 2.75) is 0 Å². The maximum absolute atomic E-state index is 4.98. The molecule has 212 valence electrons. The van der Waals surface area contributed by atoms with Crippen LogP contribution in [0.25, 0.3) is 81.8 Å². The molecule has 0 unspecified atom stereocenters. The van der Waals surface area contributed by atoms with Crippen molar-refractivity contribution in [2.24, 2.45) is 0 Å². The topological polar surface area (TPSA) is 43.6 Å². The molecule has 0 aliphatic rings. The largest absolute Gasteiger partial charge is 0.308 e. The van der Waals surface area contributed by atoms with Crippen LogP contribution in [-0.2, 0) is 0 Å². The van der Waals surface area contributed by atoms with Gasteiger partial charge in [-0.3, -0.25) is 0 Å². The molecule has 0 N–H and O–H groups in total. The molecule has 6 heteroatoms. The van der Waals surface area contributed by atoms with E-state index in [4.69, 9.17) is 15.0 Å². The van der Waals surface area contributed by atoms with Gasteiger partial charge in [-0.05, 0) is 48.5 Å². The fraction of sp³-hybridized carbons (Fsp3) is 0. The minimum atomic E-state index is 0.660. The average molecular weight is 660 g/mol. The van der Waals surface area contributed by atoms with Crippen molar-refractivity contribution in [3.63, 3.8) is 0 Å². The van der Waals surface area contributed by atoms with E-state index in [0.717, 1.165) is 26.9 Å². The third-order valence-corrected chi connectivity index (χ3v) is 9.99. The zero-order valence-electron chi connectivity index (χ0n) is 23.9. The van der Waals surface area contributed by atoms with Gasteiger partial charge in [-0.25, -0.2) is 15.0 Å². The molecule has 4 nitrogen and oxygen atoms in total. The molecule has 0 saturated carbocycles. The fourth-order valence-electron chi connectivity index (χ4n) is 6.23.